The van der Waals surface area contributed by atoms with Crippen molar-refractivity contribution in [3.05, 3.63) is 71.8 Å². The van der Waals surface area contributed by atoms with E-state index < -0.39 is 13.6 Å². The number of benzene rings is 2. The minimum atomic E-state index is -4.53. The summed E-state index contributed by atoms with van der Waals surface area (Å²) in [6.45, 7) is 3.73. The first-order chi connectivity index (χ1) is 11.8. The molecule has 0 saturated heterocycles. The van der Waals surface area contributed by atoms with Crippen LogP contribution in [-0.2, 0) is 4.57 Å². The molecule has 0 aliphatic carbocycles. The summed E-state index contributed by atoms with van der Waals surface area (Å²) in [4.78, 5) is 17.4. The summed E-state index contributed by atoms with van der Waals surface area (Å²) in [5, 5.41) is 4.98. The van der Waals surface area contributed by atoms with Crippen LogP contribution in [0, 0.1) is 11.6 Å². The molecule has 25 heavy (non-hydrogen) atoms. The van der Waals surface area contributed by atoms with Crippen molar-refractivity contribution in [2.45, 2.75) is 0 Å². The third-order valence-corrected chi connectivity index (χ3v) is 3.41. The van der Waals surface area contributed by atoms with Gasteiger partial charge in [-0.05, 0) is 35.4 Å². The lowest BCUT2D eigenvalue weighted by molar-refractivity contribution is 0.347. The average Bonchev–Trinajstić information content (AvgIpc) is 2.53. The molecule has 0 amide bonds. The number of nitrogens with zero attached hydrogens (tertiary/aromatic N) is 1. The van der Waals surface area contributed by atoms with Gasteiger partial charge in [0.2, 0.25) is 0 Å². The lowest BCUT2D eigenvalue weighted by atomic mass is 10.1. The summed E-state index contributed by atoms with van der Waals surface area (Å²) < 4.78 is 43.0. The van der Waals surface area contributed by atoms with E-state index in [4.69, 9.17) is 14.5 Å². The van der Waals surface area contributed by atoms with Crippen molar-refractivity contribution < 1.29 is 27.9 Å². The Kier molecular flexibility index (Phi) is 6.03. The van der Waals surface area contributed by atoms with Gasteiger partial charge in [0.05, 0.1) is 6.21 Å². The average molecular weight is 368 g/mol. The number of halogens is 2. The zero-order chi connectivity index (χ0) is 18.4. The molecule has 9 heteroatoms. The van der Waals surface area contributed by atoms with Gasteiger partial charge in [0.15, 0.2) is 11.6 Å². The fourth-order valence-electron chi connectivity index (χ4n) is 1.88. The third kappa shape index (κ3) is 5.79. The smallest absolute Gasteiger partial charge is 0.443 e. The zero-order valence-corrected chi connectivity index (χ0v) is 13.8. The van der Waals surface area contributed by atoms with Crippen LogP contribution in [0.4, 0.5) is 8.78 Å². The highest BCUT2D eigenvalue weighted by Gasteiger charge is 2.12. The lowest BCUT2D eigenvalue weighted by Crippen LogP contribution is -2.05. The lowest BCUT2D eigenvalue weighted by Gasteiger charge is -2.12. The van der Waals surface area contributed by atoms with Crippen LogP contribution in [0.3, 0.4) is 0 Å². The van der Waals surface area contributed by atoms with E-state index in [2.05, 4.69) is 11.7 Å². The van der Waals surface area contributed by atoms with E-state index in [0.29, 0.717) is 11.1 Å². The van der Waals surface area contributed by atoms with Gasteiger partial charge in [-0.2, -0.15) is 5.10 Å². The van der Waals surface area contributed by atoms with Crippen LogP contribution >= 0.6 is 7.75 Å². The molecule has 0 unspecified atom stereocenters. The van der Waals surface area contributed by atoms with E-state index in [9.17, 15) is 13.3 Å². The molecule has 0 radical (unpaired) electrons. The Morgan fingerprint density at radius 2 is 1.92 bits per heavy atom. The molecule has 0 aromatic heterocycles. The van der Waals surface area contributed by atoms with Gasteiger partial charge < -0.3 is 14.5 Å². The van der Waals surface area contributed by atoms with E-state index in [1.165, 1.54) is 42.5 Å². The molecule has 2 aromatic carbocycles. The Balaban J connectivity index is 2.12. The van der Waals surface area contributed by atoms with Crippen molar-refractivity contribution in [2.24, 2.45) is 5.10 Å². The van der Waals surface area contributed by atoms with Gasteiger partial charge >= 0.3 is 7.75 Å². The third-order valence-electron chi connectivity index (χ3n) is 3.03. The Hall–Kier alpha value is -2.54. The molecule has 0 aliphatic rings. The number of hydrogen-bond donors (Lipinski definition) is 3. The van der Waals surface area contributed by atoms with Gasteiger partial charge in [-0.15, -0.1) is 0 Å². The van der Waals surface area contributed by atoms with E-state index in [1.807, 2.05) is 0 Å². The van der Waals surface area contributed by atoms with Gasteiger partial charge in [-0.1, -0.05) is 24.8 Å². The first-order valence-corrected chi connectivity index (χ1v) is 8.58. The van der Waals surface area contributed by atoms with Crippen molar-refractivity contribution in [2.75, 3.05) is 6.61 Å². The maximum Gasteiger partial charge on any atom is 0.443 e. The molecule has 0 atom stereocenters. The largest absolute Gasteiger partial charge is 0.485 e. The molecule has 6 nitrogen and oxygen atoms in total. The van der Waals surface area contributed by atoms with Gasteiger partial charge in [0.1, 0.15) is 12.4 Å². The summed E-state index contributed by atoms with van der Waals surface area (Å²) in [6, 6.07) is 9.62. The molecular weight excluding hydrogens is 353 g/mol. The Morgan fingerprint density at radius 1 is 1.24 bits per heavy atom. The molecular formula is C16H15F2N2O4P. The second-order valence-corrected chi connectivity index (χ2v) is 6.25. The maximum atomic E-state index is 14.0. The fourth-order valence-corrected chi connectivity index (χ4v) is 2.09. The van der Waals surface area contributed by atoms with Crippen molar-refractivity contribution in [1.82, 2.24) is 5.20 Å². The van der Waals surface area contributed by atoms with Crippen LogP contribution in [0.5, 0.6) is 5.75 Å². The van der Waals surface area contributed by atoms with Crippen molar-refractivity contribution >= 4 is 19.5 Å². The van der Waals surface area contributed by atoms with Gasteiger partial charge in [-0.3, -0.25) is 0 Å². The molecule has 0 saturated carbocycles. The zero-order valence-electron chi connectivity index (χ0n) is 12.9. The highest BCUT2D eigenvalue weighted by molar-refractivity contribution is 7.49. The molecule has 0 spiro atoms. The number of nitrogens with one attached hydrogen (secondary N) is 1. The summed E-state index contributed by atoms with van der Waals surface area (Å²) in [5.41, 5.74) is 1.31. The molecule has 0 fully saturated rings. The Morgan fingerprint density at radius 3 is 2.56 bits per heavy atom. The number of hydrogen-bond acceptors (Lipinski definition) is 3. The number of hydrazone groups is 1. The topological polar surface area (TPSA) is 91.2 Å². The molecule has 0 aliphatic heterocycles. The number of ether oxygens (including phenoxy) is 1. The number of para-hydroxylation sites is 1. The molecule has 0 heterocycles. The predicted octanol–water partition coefficient (Wildman–Crippen LogP) is 3.07. The van der Waals surface area contributed by atoms with Crippen LogP contribution in [0.1, 0.15) is 11.1 Å². The van der Waals surface area contributed by atoms with Crippen molar-refractivity contribution in [1.29, 1.82) is 0 Å². The van der Waals surface area contributed by atoms with Crippen LogP contribution < -0.4 is 9.93 Å². The first kappa shape index (κ1) is 18.8. The summed E-state index contributed by atoms with van der Waals surface area (Å²) in [6.07, 6.45) is 1.03. The second-order valence-electron chi connectivity index (χ2n) is 4.96. The Labute approximate surface area is 142 Å². The predicted molar refractivity (Wildman–Crippen MR) is 90.1 cm³/mol. The van der Waals surface area contributed by atoms with Crippen LogP contribution in [0.2, 0.25) is 0 Å². The highest BCUT2D eigenvalue weighted by atomic mass is 31.2. The van der Waals surface area contributed by atoms with Gasteiger partial charge in [-0.25, -0.2) is 18.5 Å². The first-order valence-electron chi connectivity index (χ1n) is 6.97. The minimum Gasteiger partial charge on any atom is -0.485 e. The molecule has 3 N–H and O–H groups in total. The fraction of sp³-hybridized carbons (Fsp3) is 0.0625. The van der Waals surface area contributed by atoms with Crippen LogP contribution in [0.25, 0.3) is 5.57 Å². The second kappa shape index (κ2) is 8.02. The monoisotopic (exact) mass is 368 g/mol. The highest BCUT2D eigenvalue weighted by Crippen LogP contribution is 2.28. The standard InChI is InChI=1S/C16H15F2N2O4P/c1-11(12-5-7-14(17)8-6-12)10-24-16-13(3-2-4-15(16)18)9-19-20-25(21,22)23/h2-9H,1,10H2,(H3,20,21,22,23). The van der Waals surface area contributed by atoms with E-state index in [-0.39, 0.29) is 23.7 Å². The normalized spacial score (nSPS) is 11.5. The number of rotatable bonds is 7. The van der Waals surface area contributed by atoms with Crippen molar-refractivity contribution in [3.8, 4) is 5.75 Å². The van der Waals surface area contributed by atoms with E-state index >= 15 is 0 Å². The molecule has 0 bridgehead atoms. The Bertz CT molecular complexity index is 835. The quantitative estimate of drug-likeness (QED) is 0.397. The maximum absolute atomic E-state index is 14.0. The van der Waals surface area contributed by atoms with Crippen LogP contribution in [0.15, 0.2) is 54.1 Å². The summed E-state index contributed by atoms with van der Waals surface area (Å²) in [7, 11) is -4.53. The van der Waals surface area contributed by atoms with Crippen LogP contribution in [-0.4, -0.2) is 22.6 Å². The minimum absolute atomic E-state index is 0.0701. The van der Waals surface area contributed by atoms with Crippen molar-refractivity contribution in [3.63, 3.8) is 0 Å². The van der Waals surface area contributed by atoms with E-state index in [1.54, 1.807) is 5.20 Å². The molecule has 132 valence electrons. The summed E-state index contributed by atoms with van der Waals surface area (Å²) >= 11 is 0. The van der Waals surface area contributed by atoms with E-state index in [0.717, 1.165) is 6.21 Å². The van der Waals surface area contributed by atoms with Gasteiger partial charge in [0, 0.05) is 5.56 Å². The molecule has 2 rings (SSSR count). The SMILES string of the molecule is C=C(COc1c(F)cccc1C=NNP(=O)(O)O)c1ccc(F)cc1. The van der Waals surface area contributed by atoms with Gasteiger partial charge in [0.25, 0.3) is 0 Å². The summed E-state index contributed by atoms with van der Waals surface area (Å²) in [5.74, 6) is -1.21. The molecule has 2 aromatic rings.